The van der Waals surface area contributed by atoms with Crippen molar-refractivity contribution >= 4 is 17.5 Å². The van der Waals surface area contributed by atoms with Crippen LogP contribution in [-0.2, 0) is 11.2 Å². The summed E-state index contributed by atoms with van der Waals surface area (Å²) in [6, 6.07) is 13.6. The van der Waals surface area contributed by atoms with Crippen LogP contribution in [0.25, 0.3) is 0 Å². The van der Waals surface area contributed by atoms with Crippen LogP contribution in [0.2, 0.25) is 0 Å². The Morgan fingerprint density at radius 2 is 1.90 bits per heavy atom. The predicted octanol–water partition coefficient (Wildman–Crippen LogP) is 1.49. The van der Waals surface area contributed by atoms with Gasteiger partial charge in [-0.15, -0.1) is 0 Å². The van der Waals surface area contributed by atoms with Crippen LogP contribution in [0, 0.1) is 0 Å². The van der Waals surface area contributed by atoms with Crippen LogP contribution < -0.4 is 15.3 Å². The third kappa shape index (κ3) is 2.62. The minimum Gasteiger partial charge on any atom is -0.492 e. The van der Waals surface area contributed by atoms with E-state index in [9.17, 15) is 4.79 Å². The zero-order valence-electron chi connectivity index (χ0n) is 11.7. The summed E-state index contributed by atoms with van der Waals surface area (Å²) in [5, 5.41) is 0.906. The molecule has 1 aliphatic rings. The van der Waals surface area contributed by atoms with Crippen molar-refractivity contribution in [3.8, 4) is 5.75 Å². The Morgan fingerprint density at radius 3 is 2.62 bits per heavy atom. The molecule has 0 amide bonds. The molecule has 2 aromatic carbocycles. The lowest BCUT2D eigenvalue weighted by atomic mass is 10.1. The Balaban J connectivity index is 2.01. The average Bonchev–Trinajstić information content (AvgIpc) is 2.91. The van der Waals surface area contributed by atoms with E-state index in [2.05, 4.69) is 9.98 Å². The normalized spacial score (nSPS) is 12.1. The van der Waals surface area contributed by atoms with Crippen LogP contribution in [0.5, 0.6) is 5.75 Å². The fraction of sp³-hybridized carbons (Fsp3) is 0.176. The smallest absolute Gasteiger partial charge is 0.139 e. The van der Waals surface area contributed by atoms with Crippen LogP contribution in [0.3, 0.4) is 0 Å². The number of rotatable bonds is 4. The number of amidine groups is 1. The van der Waals surface area contributed by atoms with Gasteiger partial charge in [-0.1, -0.05) is 30.3 Å². The Hall–Kier alpha value is -2.71. The van der Waals surface area contributed by atoms with Gasteiger partial charge in [-0.2, -0.15) is 0 Å². The van der Waals surface area contributed by atoms with Gasteiger partial charge in [-0.25, -0.2) is 14.8 Å². The summed E-state index contributed by atoms with van der Waals surface area (Å²) in [6.07, 6.45) is 0.637. The van der Waals surface area contributed by atoms with Gasteiger partial charge in [0.1, 0.15) is 28.1 Å². The number of carbonyl (C=O) groups excluding carboxylic acids is 1. The first kappa shape index (κ1) is 13.3. The van der Waals surface area contributed by atoms with Crippen molar-refractivity contribution < 1.29 is 9.53 Å². The number of hydrogen-bond acceptors (Lipinski definition) is 4. The maximum Gasteiger partial charge on any atom is 0.139 e. The van der Waals surface area contributed by atoms with Crippen molar-refractivity contribution in [3.63, 3.8) is 0 Å². The molecule has 0 fully saturated rings. The van der Waals surface area contributed by atoms with Gasteiger partial charge < -0.3 is 4.74 Å². The second-order valence-electron chi connectivity index (χ2n) is 4.64. The number of benzene rings is 2. The molecule has 0 unspecified atom stereocenters. The molecule has 0 aliphatic carbocycles. The summed E-state index contributed by atoms with van der Waals surface area (Å²) < 4.78 is 5.43. The Morgan fingerprint density at radius 1 is 1.10 bits per heavy atom. The van der Waals surface area contributed by atoms with Gasteiger partial charge in [0, 0.05) is 6.42 Å². The fourth-order valence-electron chi connectivity index (χ4n) is 2.29. The lowest BCUT2D eigenvalue weighted by Gasteiger charge is -2.01. The molecule has 0 spiro atoms. The number of fused-ring (bicyclic) bond motifs is 1. The first-order valence-electron chi connectivity index (χ1n) is 6.83. The summed E-state index contributed by atoms with van der Waals surface area (Å²) in [6.45, 7) is 2.36. The molecule has 3 rings (SSSR count). The van der Waals surface area contributed by atoms with Gasteiger partial charge in [0.25, 0.3) is 0 Å². The van der Waals surface area contributed by atoms with Gasteiger partial charge >= 0.3 is 0 Å². The minimum atomic E-state index is 0.348. The third-order valence-electron chi connectivity index (χ3n) is 3.22. The van der Waals surface area contributed by atoms with E-state index in [1.165, 1.54) is 0 Å². The Bertz CT molecular complexity index is 835. The van der Waals surface area contributed by atoms with Gasteiger partial charge in [-0.05, 0) is 24.6 Å². The van der Waals surface area contributed by atoms with Crippen molar-refractivity contribution in [1.29, 1.82) is 0 Å². The molecule has 0 aromatic heterocycles. The molecule has 1 heterocycles. The fourth-order valence-corrected chi connectivity index (χ4v) is 2.29. The van der Waals surface area contributed by atoms with E-state index < -0.39 is 0 Å². The summed E-state index contributed by atoms with van der Waals surface area (Å²) in [4.78, 5) is 20.2. The molecule has 104 valence electrons. The number of aliphatic imine (C=N–C) groups is 1. The van der Waals surface area contributed by atoms with Gasteiger partial charge in [0.15, 0.2) is 0 Å². The molecule has 4 heteroatoms. The van der Waals surface area contributed by atoms with E-state index in [1.807, 2.05) is 49.3 Å². The van der Waals surface area contributed by atoms with Crippen molar-refractivity contribution in [3.05, 3.63) is 58.6 Å². The molecule has 0 N–H and O–H groups in total. The number of ether oxygens (including phenoxy) is 1. The maximum absolute atomic E-state index is 11.2. The molecule has 4 nitrogen and oxygen atoms in total. The van der Waals surface area contributed by atoms with Crippen molar-refractivity contribution in [1.82, 2.24) is 0 Å². The largest absolute Gasteiger partial charge is 0.492 e. The molecule has 0 saturated carbocycles. The molecule has 2 aromatic rings. The lowest BCUT2D eigenvalue weighted by Crippen LogP contribution is -2.28. The van der Waals surface area contributed by atoms with Crippen LogP contribution in [0.1, 0.15) is 12.5 Å². The average molecular weight is 278 g/mol. The van der Waals surface area contributed by atoms with E-state index in [1.54, 1.807) is 6.07 Å². The second-order valence-corrected chi connectivity index (χ2v) is 4.64. The highest BCUT2D eigenvalue weighted by atomic mass is 16.5. The van der Waals surface area contributed by atoms with Crippen molar-refractivity contribution in [2.24, 2.45) is 9.98 Å². The SMILES string of the molecule is CCOc1ccc2c(c1=C=O)=NC(Cc1ccccc1)=N2. The molecular formula is C17H14N2O2. The molecule has 0 bridgehead atoms. The van der Waals surface area contributed by atoms with E-state index in [0.717, 1.165) is 5.56 Å². The lowest BCUT2D eigenvalue weighted by molar-refractivity contribution is 0.337. The van der Waals surface area contributed by atoms with Crippen LogP contribution in [-0.4, -0.2) is 18.4 Å². The topological polar surface area (TPSA) is 51.0 Å². The highest BCUT2D eigenvalue weighted by Crippen LogP contribution is 2.14. The molecule has 0 atom stereocenters. The number of nitrogens with zero attached hydrogens (tertiary/aromatic N) is 2. The van der Waals surface area contributed by atoms with E-state index in [0.29, 0.717) is 40.9 Å². The quantitative estimate of drug-likeness (QED) is 0.851. The maximum atomic E-state index is 11.2. The summed E-state index contributed by atoms with van der Waals surface area (Å²) in [7, 11) is 0. The van der Waals surface area contributed by atoms with Gasteiger partial charge in [0.05, 0.1) is 12.3 Å². The summed E-state index contributed by atoms with van der Waals surface area (Å²) in [5.74, 6) is 3.12. The van der Waals surface area contributed by atoms with Gasteiger partial charge in [-0.3, -0.25) is 0 Å². The van der Waals surface area contributed by atoms with Gasteiger partial charge in [0.2, 0.25) is 0 Å². The zero-order chi connectivity index (χ0) is 14.7. The first-order valence-corrected chi connectivity index (χ1v) is 6.83. The molecular weight excluding hydrogens is 264 g/mol. The summed E-state index contributed by atoms with van der Waals surface area (Å²) >= 11 is 0. The third-order valence-corrected chi connectivity index (χ3v) is 3.22. The Labute approximate surface area is 122 Å². The monoisotopic (exact) mass is 278 g/mol. The predicted molar refractivity (Wildman–Crippen MR) is 80.4 cm³/mol. The second kappa shape index (κ2) is 5.73. The molecule has 1 aliphatic heterocycles. The highest BCUT2D eigenvalue weighted by molar-refractivity contribution is 5.90. The van der Waals surface area contributed by atoms with Crippen LogP contribution in [0.15, 0.2) is 52.4 Å². The summed E-state index contributed by atoms with van der Waals surface area (Å²) in [5.41, 5.74) is 1.83. The minimum absolute atomic E-state index is 0.348. The molecule has 21 heavy (non-hydrogen) atoms. The highest BCUT2D eigenvalue weighted by Gasteiger charge is 2.13. The first-order chi connectivity index (χ1) is 10.3. The number of hydrogen-bond donors (Lipinski definition) is 0. The van der Waals surface area contributed by atoms with E-state index in [4.69, 9.17) is 4.74 Å². The zero-order valence-corrected chi connectivity index (χ0v) is 11.7. The van der Waals surface area contributed by atoms with E-state index >= 15 is 0 Å². The molecule has 0 radical (unpaired) electrons. The molecule has 0 saturated heterocycles. The van der Waals surface area contributed by atoms with Crippen molar-refractivity contribution in [2.75, 3.05) is 6.61 Å². The van der Waals surface area contributed by atoms with Crippen molar-refractivity contribution in [2.45, 2.75) is 13.3 Å². The van der Waals surface area contributed by atoms with E-state index in [-0.39, 0.29) is 0 Å². The van der Waals surface area contributed by atoms with Crippen LogP contribution in [0.4, 0.5) is 5.69 Å². The Kier molecular flexibility index (Phi) is 3.63. The standard InChI is InChI=1S/C17H14N2O2/c1-2-21-15-9-8-14-17(13(15)11-20)19-16(18-14)10-12-6-4-3-5-7-12/h3-9H,2,10H2,1H3. The van der Waals surface area contributed by atoms with Crippen LogP contribution >= 0.6 is 0 Å².